The van der Waals surface area contributed by atoms with E-state index in [1.54, 1.807) is 12.1 Å². The van der Waals surface area contributed by atoms with E-state index >= 15 is 0 Å². The molecule has 0 spiro atoms. The normalized spacial score (nSPS) is 22.7. The number of nitrogens with zero attached hydrogens (tertiary/aromatic N) is 2. The second-order valence-corrected chi connectivity index (χ2v) is 8.94. The molecule has 27 heavy (non-hydrogen) atoms. The first-order valence-corrected chi connectivity index (χ1v) is 10.8. The maximum Gasteiger partial charge on any atom is 0.240 e. The molecule has 2 amide bonds. The van der Waals surface area contributed by atoms with E-state index in [2.05, 4.69) is 36.8 Å². The van der Waals surface area contributed by atoms with Crippen LogP contribution in [0.25, 0.3) is 0 Å². The molecule has 1 heterocycles. The summed E-state index contributed by atoms with van der Waals surface area (Å²) in [5.41, 5.74) is 1.72. The Hall–Kier alpha value is -1.67. The molecule has 1 aromatic carbocycles. The molecular weight excluding hydrogens is 428 g/mol. The third kappa shape index (κ3) is 5.90. The molecule has 0 radical (unpaired) electrons. The van der Waals surface area contributed by atoms with Gasteiger partial charge < -0.3 is 10.6 Å². The van der Waals surface area contributed by atoms with E-state index in [4.69, 9.17) is 0 Å². The summed E-state index contributed by atoms with van der Waals surface area (Å²) in [5, 5.41) is 14.0. The van der Waals surface area contributed by atoms with Gasteiger partial charge in [-0.05, 0) is 49.9 Å². The van der Waals surface area contributed by atoms with Crippen LogP contribution >= 0.6 is 27.7 Å². The van der Waals surface area contributed by atoms with Crippen LogP contribution in [0, 0.1) is 5.92 Å². The van der Waals surface area contributed by atoms with Crippen molar-refractivity contribution in [3.63, 3.8) is 0 Å². The Kier molecular flexibility index (Phi) is 7.07. The molecule has 2 N–H and O–H groups in total. The summed E-state index contributed by atoms with van der Waals surface area (Å²) in [4.78, 5) is 24.3. The summed E-state index contributed by atoms with van der Waals surface area (Å²) < 4.78 is 0.941. The fourth-order valence-electron chi connectivity index (χ4n) is 3.23. The highest BCUT2D eigenvalue weighted by Gasteiger charge is 2.32. The van der Waals surface area contributed by atoms with Gasteiger partial charge in [0.2, 0.25) is 11.8 Å². The van der Waals surface area contributed by atoms with Crippen LogP contribution in [0.5, 0.6) is 0 Å². The first-order chi connectivity index (χ1) is 13.0. The summed E-state index contributed by atoms with van der Waals surface area (Å²) in [6.07, 6.45) is 6.21. The van der Waals surface area contributed by atoms with Crippen molar-refractivity contribution in [1.29, 1.82) is 0 Å². The summed E-state index contributed by atoms with van der Waals surface area (Å²) >= 11 is 4.62. The second-order valence-electron chi connectivity index (χ2n) is 6.84. The predicted octanol–water partition coefficient (Wildman–Crippen LogP) is 4.32. The molecular formula is C19H23BrN4O2S. The summed E-state index contributed by atoms with van der Waals surface area (Å²) in [5.74, 6) is 0.0982. The first-order valence-electron chi connectivity index (χ1n) is 9.16. The Balaban J connectivity index is 1.53. The SMILES string of the molecule is CC(=NN=C1NC(=O)[C@H](CC(=O)Nc2ccc(Br)cc2)S1)C1CCCCC1. The Bertz CT molecular complexity index is 757. The number of nitrogens with one attached hydrogen (secondary N) is 2. The van der Waals surface area contributed by atoms with Gasteiger partial charge in [-0.3, -0.25) is 9.59 Å². The number of hydrogen-bond donors (Lipinski definition) is 2. The van der Waals surface area contributed by atoms with Gasteiger partial charge in [-0.25, -0.2) is 0 Å². The lowest BCUT2D eigenvalue weighted by atomic mass is 9.86. The minimum Gasteiger partial charge on any atom is -0.326 e. The zero-order valence-electron chi connectivity index (χ0n) is 15.2. The van der Waals surface area contributed by atoms with Gasteiger partial charge in [0, 0.05) is 22.3 Å². The van der Waals surface area contributed by atoms with Crippen molar-refractivity contribution in [3.8, 4) is 0 Å². The van der Waals surface area contributed by atoms with Gasteiger partial charge in [0.25, 0.3) is 0 Å². The van der Waals surface area contributed by atoms with Crippen LogP contribution in [0.2, 0.25) is 0 Å². The van der Waals surface area contributed by atoms with Gasteiger partial charge in [-0.1, -0.05) is 47.0 Å². The monoisotopic (exact) mass is 450 g/mol. The Morgan fingerprint density at radius 1 is 1.26 bits per heavy atom. The van der Waals surface area contributed by atoms with Crippen molar-refractivity contribution in [1.82, 2.24) is 5.32 Å². The highest BCUT2D eigenvalue weighted by atomic mass is 79.9. The molecule has 0 unspecified atom stereocenters. The fraction of sp³-hybridized carbons (Fsp3) is 0.474. The van der Waals surface area contributed by atoms with Gasteiger partial charge in [0.05, 0.1) is 0 Å². The molecule has 2 fully saturated rings. The minimum atomic E-state index is -0.482. The molecule has 1 saturated heterocycles. The third-order valence-corrected chi connectivity index (χ3v) is 6.37. The zero-order valence-corrected chi connectivity index (χ0v) is 17.6. The number of hydrogen-bond acceptors (Lipinski definition) is 5. The number of carbonyl (C=O) groups excluding carboxylic acids is 2. The third-order valence-electron chi connectivity index (χ3n) is 4.77. The first kappa shape index (κ1) is 20.1. The van der Waals surface area contributed by atoms with Gasteiger partial charge >= 0.3 is 0 Å². The lowest BCUT2D eigenvalue weighted by Crippen LogP contribution is -2.28. The molecule has 1 aromatic rings. The van der Waals surface area contributed by atoms with E-state index in [0.29, 0.717) is 16.8 Å². The maximum absolute atomic E-state index is 12.2. The molecule has 0 aromatic heterocycles. The van der Waals surface area contributed by atoms with Crippen molar-refractivity contribution in [2.24, 2.45) is 16.1 Å². The number of amides is 2. The van der Waals surface area contributed by atoms with Crippen molar-refractivity contribution in [2.75, 3.05) is 5.32 Å². The molecule has 2 aliphatic rings. The standard InChI is InChI=1S/C19H23BrN4O2S/c1-12(13-5-3-2-4-6-13)23-24-19-22-18(26)16(27-19)11-17(25)21-15-9-7-14(20)8-10-15/h7-10,13,16H,2-6,11H2,1H3,(H,21,25)(H,22,24,26)/t16-/m0/s1. The van der Waals surface area contributed by atoms with E-state index in [0.717, 1.165) is 10.2 Å². The zero-order chi connectivity index (χ0) is 19.2. The van der Waals surface area contributed by atoms with Crippen molar-refractivity contribution < 1.29 is 9.59 Å². The van der Waals surface area contributed by atoms with Crippen molar-refractivity contribution in [3.05, 3.63) is 28.7 Å². The molecule has 144 valence electrons. The molecule has 1 aliphatic heterocycles. The number of anilines is 1. The van der Waals surface area contributed by atoms with Crippen molar-refractivity contribution >= 4 is 56.1 Å². The summed E-state index contributed by atoms with van der Waals surface area (Å²) in [7, 11) is 0. The average Bonchev–Trinajstić information content (AvgIpc) is 3.01. The van der Waals surface area contributed by atoms with Gasteiger partial charge in [-0.2, -0.15) is 5.10 Å². The maximum atomic E-state index is 12.2. The summed E-state index contributed by atoms with van der Waals surface area (Å²) in [6, 6.07) is 7.31. The van der Waals surface area contributed by atoms with Gasteiger partial charge in [0.1, 0.15) is 5.25 Å². The van der Waals surface area contributed by atoms with E-state index in [9.17, 15) is 9.59 Å². The number of rotatable bonds is 5. The van der Waals surface area contributed by atoms with Crippen LogP contribution in [-0.4, -0.2) is 27.9 Å². The molecule has 1 aliphatic carbocycles. The number of thioether (sulfide) groups is 1. The van der Waals surface area contributed by atoms with Crippen LogP contribution in [0.4, 0.5) is 5.69 Å². The number of halogens is 1. The Morgan fingerprint density at radius 3 is 2.67 bits per heavy atom. The van der Waals surface area contributed by atoms with Crippen LogP contribution in [-0.2, 0) is 9.59 Å². The largest absolute Gasteiger partial charge is 0.326 e. The highest BCUT2D eigenvalue weighted by Crippen LogP contribution is 2.26. The van der Waals surface area contributed by atoms with Gasteiger partial charge in [-0.15, -0.1) is 5.10 Å². The smallest absolute Gasteiger partial charge is 0.240 e. The number of benzene rings is 1. The molecule has 3 rings (SSSR count). The van der Waals surface area contributed by atoms with E-state index in [-0.39, 0.29) is 18.2 Å². The quantitative estimate of drug-likeness (QED) is 0.517. The van der Waals surface area contributed by atoms with E-state index in [1.165, 1.54) is 43.9 Å². The van der Waals surface area contributed by atoms with E-state index < -0.39 is 5.25 Å². The lowest BCUT2D eigenvalue weighted by molar-refractivity contribution is -0.122. The fourth-order valence-corrected chi connectivity index (χ4v) is 4.41. The second kappa shape index (κ2) is 9.50. The highest BCUT2D eigenvalue weighted by molar-refractivity contribution is 9.10. The van der Waals surface area contributed by atoms with Crippen LogP contribution in [0.3, 0.4) is 0 Å². The minimum absolute atomic E-state index is 0.0942. The summed E-state index contributed by atoms with van der Waals surface area (Å²) in [6.45, 7) is 2.00. The lowest BCUT2D eigenvalue weighted by Gasteiger charge is -2.20. The van der Waals surface area contributed by atoms with Crippen molar-refractivity contribution in [2.45, 2.75) is 50.7 Å². The van der Waals surface area contributed by atoms with Crippen LogP contribution in [0.15, 0.2) is 38.9 Å². The van der Waals surface area contributed by atoms with Gasteiger partial charge in [0.15, 0.2) is 5.17 Å². The van der Waals surface area contributed by atoms with Crippen LogP contribution in [0.1, 0.15) is 45.4 Å². The topological polar surface area (TPSA) is 82.9 Å². The van der Waals surface area contributed by atoms with E-state index in [1.807, 2.05) is 19.1 Å². The number of amidine groups is 1. The molecule has 1 saturated carbocycles. The predicted molar refractivity (Wildman–Crippen MR) is 114 cm³/mol. The number of carbonyl (C=O) groups is 2. The molecule has 6 nitrogen and oxygen atoms in total. The van der Waals surface area contributed by atoms with Crippen LogP contribution < -0.4 is 10.6 Å². The Morgan fingerprint density at radius 2 is 1.96 bits per heavy atom. The average molecular weight is 451 g/mol. The molecule has 8 heteroatoms. The molecule has 1 atom stereocenters. The molecule has 0 bridgehead atoms. The Labute approximate surface area is 171 Å².